The predicted octanol–water partition coefficient (Wildman–Crippen LogP) is 2.96. The molecule has 1 atom stereocenters. The summed E-state index contributed by atoms with van der Waals surface area (Å²) in [5.74, 6) is 0.208. The highest BCUT2D eigenvalue weighted by molar-refractivity contribution is 7.89. The number of allylic oxidation sites excluding steroid dienone is 1. The quantitative estimate of drug-likeness (QED) is 0.834. The first kappa shape index (κ1) is 14.9. The van der Waals surface area contributed by atoms with Gasteiger partial charge in [0.25, 0.3) is 0 Å². The van der Waals surface area contributed by atoms with Gasteiger partial charge in [0.2, 0.25) is 10.0 Å². The standard InChI is InChI=1S/C14H21NO2S/c1-5-12(4)14(11(2)3)15-18(16,17)13-9-7-6-8-10-13/h5-11,14-15H,1-4H3/b12-5+. The average molecular weight is 267 g/mol. The van der Waals surface area contributed by atoms with Crippen molar-refractivity contribution in [3.8, 4) is 0 Å². The second kappa shape index (κ2) is 6.16. The van der Waals surface area contributed by atoms with Crippen LogP contribution in [0.3, 0.4) is 0 Å². The molecular weight excluding hydrogens is 246 g/mol. The number of sulfonamides is 1. The molecule has 0 aromatic heterocycles. The van der Waals surface area contributed by atoms with Gasteiger partial charge in [-0.25, -0.2) is 13.1 Å². The van der Waals surface area contributed by atoms with Crippen molar-refractivity contribution in [3.05, 3.63) is 42.0 Å². The Hall–Kier alpha value is -1.13. The maximum atomic E-state index is 12.2. The van der Waals surface area contributed by atoms with Crippen molar-refractivity contribution in [2.45, 2.75) is 38.6 Å². The molecular formula is C14H21NO2S. The van der Waals surface area contributed by atoms with Crippen LogP contribution in [0.2, 0.25) is 0 Å². The van der Waals surface area contributed by atoms with Crippen LogP contribution in [0.15, 0.2) is 46.9 Å². The highest BCUT2D eigenvalue weighted by Crippen LogP contribution is 2.16. The Labute approximate surface area is 110 Å². The fraction of sp³-hybridized carbons (Fsp3) is 0.429. The van der Waals surface area contributed by atoms with Crippen molar-refractivity contribution in [2.75, 3.05) is 0 Å². The van der Waals surface area contributed by atoms with Gasteiger partial charge < -0.3 is 0 Å². The van der Waals surface area contributed by atoms with Gasteiger partial charge in [0.05, 0.1) is 4.90 Å². The van der Waals surface area contributed by atoms with Gasteiger partial charge in [0, 0.05) is 6.04 Å². The molecule has 0 radical (unpaired) electrons. The number of hydrogen-bond donors (Lipinski definition) is 1. The third-order valence-corrected chi connectivity index (χ3v) is 4.41. The van der Waals surface area contributed by atoms with E-state index in [-0.39, 0.29) is 12.0 Å². The van der Waals surface area contributed by atoms with Crippen LogP contribution < -0.4 is 4.72 Å². The Bertz CT molecular complexity index is 504. The molecule has 1 unspecified atom stereocenters. The number of hydrogen-bond acceptors (Lipinski definition) is 2. The minimum atomic E-state index is -3.45. The Morgan fingerprint density at radius 1 is 1.22 bits per heavy atom. The Morgan fingerprint density at radius 2 is 1.78 bits per heavy atom. The van der Waals surface area contributed by atoms with Gasteiger partial charge in [0.1, 0.15) is 0 Å². The molecule has 0 aliphatic rings. The lowest BCUT2D eigenvalue weighted by molar-refractivity contribution is 0.492. The van der Waals surface area contributed by atoms with E-state index in [9.17, 15) is 8.42 Å². The SMILES string of the molecule is C/C=C(\C)C(NS(=O)(=O)c1ccccc1)C(C)C. The van der Waals surface area contributed by atoms with Crippen molar-refractivity contribution >= 4 is 10.0 Å². The van der Waals surface area contributed by atoms with Crippen LogP contribution in [0.1, 0.15) is 27.7 Å². The maximum absolute atomic E-state index is 12.2. The van der Waals surface area contributed by atoms with Crippen LogP contribution in [0.4, 0.5) is 0 Å². The summed E-state index contributed by atoms with van der Waals surface area (Å²) in [5, 5.41) is 0. The zero-order valence-corrected chi connectivity index (χ0v) is 12.2. The number of rotatable bonds is 5. The average Bonchev–Trinajstić information content (AvgIpc) is 2.36. The second-order valence-corrected chi connectivity index (χ2v) is 6.40. The Morgan fingerprint density at radius 3 is 2.22 bits per heavy atom. The van der Waals surface area contributed by atoms with E-state index in [4.69, 9.17) is 0 Å². The first-order valence-electron chi connectivity index (χ1n) is 6.08. The lowest BCUT2D eigenvalue weighted by atomic mass is 9.98. The van der Waals surface area contributed by atoms with Crippen molar-refractivity contribution in [3.63, 3.8) is 0 Å². The van der Waals surface area contributed by atoms with E-state index >= 15 is 0 Å². The van der Waals surface area contributed by atoms with Gasteiger partial charge in [-0.05, 0) is 31.9 Å². The van der Waals surface area contributed by atoms with Gasteiger partial charge in [0.15, 0.2) is 0 Å². The molecule has 3 nitrogen and oxygen atoms in total. The molecule has 1 N–H and O–H groups in total. The molecule has 0 spiro atoms. The summed E-state index contributed by atoms with van der Waals surface area (Å²) in [7, 11) is -3.45. The molecule has 0 aliphatic carbocycles. The van der Waals surface area contributed by atoms with Gasteiger partial charge >= 0.3 is 0 Å². The zero-order chi connectivity index (χ0) is 13.8. The van der Waals surface area contributed by atoms with Crippen LogP contribution in [-0.4, -0.2) is 14.5 Å². The first-order valence-corrected chi connectivity index (χ1v) is 7.57. The summed E-state index contributed by atoms with van der Waals surface area (Å²) in [5.41, 5.74) is 1.03. The van der Waals surface area contributed by atoms with Gasteiger partial charge in [-0.3, -0.25) is 0 Å². The molecule has 0 aliphatic heterocycles. The Kier molecular flexibility index (Phi) is 5.11. The molecule has 0 saturated carbocycles. The molecule has 0 saturated heterocycles. The lowest BCUT2D eigenvalue weighted by Crippen LogP contribution is -2.39. The number of nitrogens with one attached hydrogen (secondary N) is 1. The predicted molar refractivity (Wildman–Crippen MR) is 74.8 cm³/mol. The molecule has 100 valence electrons. The van der Waals surface area contributed by atoms with Crippen LogP contribution in [0, 0.1) is 5.92 Å². The first-order chi connectivity index (χ1) is 8.38. The largest absolute Gasteiger partial charge is 0.241 e. The summed E-state index contributed by atoms with van der Waals surface area (Å²) in [6, 6.07) is 8.29. The van der Waals surface area contributed by atoms with Crippen LogP contribution in [0.25, 0.3) is 0 Å². The smallest absolute Gasteiger partial charge is 0.207 e. The molecule has 4 heteroatoms. The van der Waals surface area contributed by atoms with Crippen LogP contribution >= 0.6 is 0 Å². The van der Waals surface area contributed by atoms with E-state index in [2.05, 4.69) is 4.72 Å². The van der Waals surface area contributed by atoms with Crippen LogP contribution in [0.5, 0.6) is 0 Å². The Balaban J connectivity index is 3.01. The molecule has 1 aromatic carbocycles. The maximum Gasteiger partial charge on any atom is 0.241 e. The summed E-state index contributed by atoms with van der Waals surface area (Å²) < 4.78 is 27.2. The highest BCUT2D eigenvalue weighted by atomic mass is 32.2. The van der Waals surface area contributed by atoms with Crippen molar-refractivity contribution in [1.82, 2.24) is 4.72 Å². The van der Waals surface area contributed by atoms with Gasteiger partial charge in [-0.15, -0.1) is 0 Å². The van der Waals surface area contributed by atoms with E-state index in [0.29, 0.717) is 4.90 Å². The third kappa shape index (κ3) is 3.68. The summed E-state index contributed by atoms with van der Waals surface area (Å²) in [6.45, 7) is 7.87. The minimum absolute atomic E-state index is 0.166. The summed E-state index contributed by atoms with van der Waals surface area (Å²) >= 11 is 0. The van der Waals surface area contributed by atoms with E-state index in [1.165, 1.54) is 0 Å². The molecule has 0 bridgehead atoms. The molecule has 1 aromatic rings. The molecule has 0 amide bonds. The third-order valence-electron chi connectivity index (χ3n) is 2.95. The number of benzene rings is 1. The molecule has 0 fully saturated rings. The van der Waals surface area contributed by atoms with E-state index in [1.807, 2.05) is 33.8 Å². The summed E-state index contributed by atoms with van der Waals surface area (Å²) in [4.78, 5) is 0.305. The summed E-state index contributed by atoms with van der Waals surface area (Å²) in [6.07, 6.45) is 1.94. The fourth-order valence-corrected chi connectivity index (χ4v) is 3.21. The zero-order valence-electron chi connectivity index (χ0n) is 11.3. The van der Waals surface area contributed by atoms with E-state index in [1.54, 1.807) is 30.3 Å². The highest BCUT2D eigenvalue weighted by Gasteiger charge is 2.22. The monoisotopic (exact) mass is 267 g/mol. The fourth-order valence-electron chi connectivity index (χ4n) is 1.77. The van der Waals surface area contributed by atoms with Crippen molar-refractivity contribution in [2.24, 2.45) is 5.92 Å². The molecule has 1 rings (SSSR count). The van der Waals surface area contributed by atoms with Crippen LogP contribution in [-0.2, 0) is 10.0 Å². The van der Waals surface area contributed by atoms with Crippen molar-refractivity contribution < 1.29 is 8.42 Å². The van der Waals surface area contributed by atoms with Gasteiger partial charge in [-0.2, -0.15) is 0 Å². The van der Waals surface area contributed by atoms with Gasteiger partial charge in [-0.1, -0.05) is 43.7 Å². The minimum Gasteiger partial charge on any atom is -0.207 e. The molecule has 18 heavy (non-hydrogen) atoms. The molecule has 0 heterocycles. The topological polar surface area (TPSA) is 46.2 Å². The normalized spacial score (nSPS) is 14.8. The lowest BCUT2D eigenvalue weighted by Gasteiger charge is -2.23. The van der Waals surface area contributed by atoms with E-state index < -0.39 is 10.0 Å². The second-order valence-electron chi connectivity index (χ2n) is 4.69. The van der Waals surface area contributed by atoms with E-state index in [0.717, 1.165) is 5.57 Å². The van der Waals surface area contributed by atoms with Crippen molar-refractivity contribution in [1.29, 1.82) is 0 Å².